The molecule has 0 aliphatic heterocycles. The molecule has 16 heavy (non-hydrogen) atoms. The van der Waals surface area contributed by atoms with Gasteiger partial charge in [-0.15, -0.1) is 0 Å². The first-order valence-corrected chi connectivity index (χ1v) is 4.45. The second-order valence-corrected chi connectivity index (χ2v) is 3.36. The van der Waals surface area contributed by atoms with Gasteiger partial charge in [-0.1, -0.05) is 12.1 Å². The predicted octanol–water partition coefficient (Wildman–Crippen LogP) is 1.72. The number of halogens is 3. The lowest BCUT2D eigenvalue weighted by Gasteiger charge is -2.18. The fourth-order valence-corrected chi connectivity index (χ4v) is 1.20. The fraction of sp³-hybridized carbons (Fsp3) is 0.300. The summed E-state index contributed by atoms with van der Waals surface area (Å²) in [5, 5.41) is 8.41. The molecule has 1 atom stereocenters. The molecule has 1 aromatic rings. The number of hydrogen-bond donors (Lipinski definition) is 2. The van der Waals surface area contributed by atoms with E-state index in [4.69, 9.17) is 10.8 Å². The second kappa shape index (κ2) is 4.52. The van der Waals surface area contributed by atoms with Crippen LogP contribution in [-0.4, -0.2) is 17.1 Å². The molecule has 1 unspecified atom stereocenters. The molecule has 0 bridgehead atoms. The van der Waals surface area contributed by atoms with Crippen molar-refractivity contribution in [1.82, 2.24) is 0 Å². The molecular formula is C10H10F3NO2. The molecule has 0 amide bonds. The van der Waals surface area contributed by atoms with Gasteiger partial charge in [0.15, 0.2) is 0 Å². The third-order valence-corrected chi connectivity index (χ3v) is 2.04. The number of carboxylic acid groups (broad SMARTS) is 1. The Bertz CT molecular complexity index is 395. The van der Waals surface area contributed by atoms with Crippen LogP contribution in [0.5, 0.6) is 0 Å². The largest absolute Gasteiger partial charge is 0.480 e. The quantitative estimate of drug-likeness (QED) is 0.832. The first-order valence-electron chi connectivity index (χ1n) is 4.45. The van der Waals surface area contributed by atoms with Gasteiger partial charge in [0.05, 0.1) is 0 Å². The maximum Gasteiger partial charge on any atom is 0.320 e. The third kappa shape index (κ3) is 2.96. The summed E-state index contributed by atoms with van der Waals surface area (Å²) in [6.45, 7) is 0. The molecule has 1 aromatic carbocycles. The highest BCUT2D eigenvalue weighted by atomic mass is 19.3. The van der Waals surface area contributed by atoms with Crippen LogP contribution in [0.25, 0.3) is 0 Å². The topological polar surface area (TPSA) is 63.3 Å². The number of hydrogen-bond acceptors (Lipinski definition) is 2. The molecular weight excluding hydrogens is 223 g/mol. The molecule has 1 rings (SSSR count). The van der Waals surface area contributed by atoms with E-state index in [1.165, 1.54) is 0 Å². The van der Waals surface area contributed by atoms with Gasteiger partial charge in [-0.2, -0.15) is 0 Å². The smallest absolute Gasteiger partial charge is 0.320 e. The summed E-state index contributed by atoms with van der Waals surface area (Å²) in [4.78, 5) is 10.3. The van der Waals surface area contributed by atoms with E-state index in [0.717, 1.165) is 18.2 Å². The Morgan fingerprint density at radius 3 is 2.62 bits per heavy atom. The zero-order valence-electron chi connectivity index (χ0n) is 8.16. The van der Waals surface area contributed by atoms with Crippen LogP contribution in [0.2, 0.25) is 0 Å². The standard InChI is InChI=1S/C10H10F3NO2/c11-7-3-1-2-6(4-7)10(12,13)5-8(14)9(15)16/h1-4,8H,5,14H2,(H,15,16). The number of benzene rings is 1. The van der Waals surface area contributed by atoms with Gasteiger partial charge in [0.25, 0.3) is 5.92 Å². The number of aliphatic carboxylic acids is 1. The van der Waals surface area contributed by atoms with E-state index >= 15 is 0 Å². The third-order valence-electron chi connectivity index (χ3n) is 2.04. The van der Waals surface area contributed by atoms with Crippen LogP contribution < -0.4 is 5.73 Å². The molecule has 0 heterocycles. The Morgan fingerprint density at radius 1 is 1.50 bits per heavy atom. The van der Waals surface area contributed by atoms with Crippen molar-refractivity contribution in [3.05, 3.63) is 35.6 Å². The molecule has 0 radical (unpaired) electrons. The predicted molar refractivity (Wildman–Crippen MR) is 50.5 cm³/mol. The van der Waals surface area contributed by atoms with E-state index in [9.17, 15) is 18.0 Å². The highest BCUT2D eigenvalue weighted by Gasteiger charge is 2.36. The maximum absolute atomic E-state index is 13.4. The fourth-order valence-electron chi connectivity index (χ4n) is 1.20. The van der Waals surface area contributed by atoms with Crippen LogP contribution >= 0.6 is 0 Å². The molecule has 3 nitrogen and oxygen atoms in total. The first kappa shape index (κ1) is 12.5. The number of carboxylic acids is 1. The van der Waals surface area contributed by atoms with Gasteiger partial charge in [-0.3, -0.25) is 4.79 Å². The van der Waals surface area contributed by atoms with E-state index in [2.05, 4.69) is 0 Å². The van der Waals surface area contributed by atoms with Gasteiger partial charge >= 0.3 is 5.97 Å². The summed E-state index contributed by atoms with van der Waals surface area (Å²) in [7, 11) is 0. The Labute approximate surface area is 89.7 Å². The van der Waals surface area contributed by atoms with E-state index < -0.39 is 35.7 Å². The monoisotopic (exact) mass is 233 g/mol. The molecule has 6 heteroatoms. The van der Waals surface area contributed by atoms with Crippen molar-refractivity contribution in [1.29, 1.82) is 0 Å². The van der Waals surface area contributed by atoms with E-state index in [-0.39, 0.29) is 0 Å². The summed E-state index contributed by atoms with van der Waals surface area (Å²) in [5.41, 5.74) is 4.43. The van der Waals surface area contributed by atoms with Crippen molar-refractivity contribution in [3.63, 3.8) is 0 Å². The molecule has 0 aromatic heterocycles. The van der Waals surface area contributed by atoms with Crippen molar-refractivity contribution in [2.75, 3.05) is 0 Å². The van der Waals surface area contributed by atoms with E-state index in [1.807, 2.05) is 0 Å². The van der Waals surface area contributed by atoms with Gasteiger partial charge in [-0.05, 0) is 12.1 Å². The average molecular weight is 233 g/mol. The zero-order valence-corrected chi connectivity index (χ0v) is 8.16. The van der Waals surface area contributed by atoms with Crippen molar-refractivity contribution < 1.29 is 23.1 Å². The Hall–Kier alpha value is -1.56. The molecule has 88 valence electrons. The lowest BCUT2D eigenvalue weighted by molar-refractivity contribution is -0.141. The van der Waals surface area contributed by atoms with Crippen LogP contribution in [0.3, 0.4) is 0 Å². The van der Waals surface area contributed by atoms with Crippen LogP contribution in [0, 0.1) is 5.82 Å². The Balaban J connectivity index is 2.89. The van der Waals surface area contributed by atoms with Gasteiger partial charge in [0, 0.05) is 12.0 Å². The van der Waals surface area contributed by atoms with Crippen LogP contribution in [0.1, 0.15) is 12.0 Å². The molecule has 3 N–H and O–H groups in total. The number of rotatable bonds is 4. The molecule has 0 saturated heterocycles. The lowest BCUT2D eigenvalue weighted by atomic mass is 10.0. The number of nitrogens with two attached hydrogens (primary N) is 1. The molecule has 0 saturated carbocycles. The molecule has 0 spiro atoms. The minimum atomic E-state index is -3.46. The summed E-state index contributed by atoms with van der Waals surface area (Å²) in [5.74, 6) is -5.78. The first-order chi connectivity index (χ1) is 7.33. The van der Waals surface area contributed by atoms with Gasteiger partial charge in [0.1, 0.15) is 11.9 Å². The van der Waals surface area contributed by atoms with E-state index in [0.29, 0.717) is 6.07 Å². The van der Waals surface area contributed by atoms with Crippen LogP contribution in [0.4, 0.5) is 13.2 Å². The molecule has 0 aliphatic carbocycles. The summed E-state index contributed by atoms with van der Waals surface area (Å²) in [6, 6.07) is 2.16. The maximum atomic E-state index is 13.4. The van der Waals surface area contributed by atoms with Crippen molar-refractivity contribution in [3.8, 4) is 0 Å². The van der Waals surface area contributed by atoms with Gasteiger partial charge in [-0.25, -0.2) is 13.2 Å². The zero-order chi connectivity index (χ0) is 12.3. The highest BCUT2D eigenvalue weighted by molar-refractivity contribution is 5.73. The van der Waals surface area contributed by atoms with Gasteiger partial charge in [0.2, 0.25) is 0 Å². The van der Waals surface area contributed by atoms with E-state index in [1.54, 1.807) is 0 Å². The summed E-state index contributed by atoms with van der Waals surface area (Å²) >= 11 is 0. The second-order valence-electron chi connectivity index (χ2n) is 3.36. The minimum Gasteiger partial charge on any atom is -0.480 e. The average Bonchev–Trinajstić information content (AvgIpc) is 2.17. The number of carbonyl (C=O) groups is 1. The Morgan fingerprint density at radius 2 is 2.12 bits per heavy atom. The van der Waals surface area contributed by atoms with Crippen molar-refractivity contribution >= 4 is 5.97 Å². The SMILES string of the molecule is NC(CC(F)(F)c1cccc(F)c1)C(=O)O. The molecule has 0 aliphatic rings. The summed E-state index contributed by atoms with van der Waals surface area (Å²) < 4.78 is 39.6. The van der Waals surface area contributed by atoms with Crippen LogP contribution in [-0.2, 0) is 10.7 Å². The van der Waals surface area contributed by atoms with Crippen molar-refractivity contribution in [2.24, 2.45) is 5.73 Å². The molecule has 0 fully saturated rings. The lowest BCUT2D eigenvalue weighted by Crippen LogP contribution is -2.35. The number of alkyl halides is 2. The Kier molecular flexibility index (Phi) is 3.54. The van der Waals surface area contributed by atoms with Gasteiger partial charge < -0.3 is 10.8 Å². The normalized spacial score (nSPS) is 13.5. The highest BCUT2D eigenvalue weighted by Crippen LogP contribution is 2.32. The summed E-state index contributed by atoms with van der Waals surface area (Å²) in [6.07, 6.45) is -1.06. The van der Waals surface area contributed by atoms with Crippen LogP contribution in [0.15, 0.2) is 24.3 Å². The van der Waals surface area contributed by atoms with Crippen molar-refractivity contribution in [2.45, 2.75) is 18.4 Å². The minimum absolute atomic E-state index is 0.579.